The van der Waals surface area contributed by atoms with Gasteiger partial charge in [-0.15, -0.1) is 0 Å². The van der Waals surface area contributed by atoms with Crippen molar-refractivity contribution in [3.63, 3.8) is 0 Å². The van der Waals surface area contributed by atoms with E-state index in [0.29, 0.717) is 6.17 Å². The molecule has 78 valence electrons. The van der Waals surface area contributed by atoms with Gasteiger partial charge in [0, 0.05) is 26.2 Å². The molecular weight excluding hydrogens is 164 g/mol. The van der Waals surface area contributed by atoms with Gasteiger partial charge < -0.3 is 11.1 Å². The molecule has 4 nitrogen and oxygen atoms in total. The molecule has 0 aliphatic carbocycles. The summed E-state index contributed by atoms with van der Waals surface area (Å²) in [5.41, 5.74) is 5.81. The van der Waals surface area contributed by atoms with Gasteiger partial charge in [0.1, 0.15) is 0 Å². The topological polar surface area (TPSA) is 44.5 Å². The highest BCUT2D eigenvalue weighted by atomic mass is 15.3. The van der Waals surface area contributed by atoms with Crippen LogP contribution in [-0.4, -0.2) is 55.4 Å². The minimum atomic E-state index is 0.201. The van der Waals surface area contributed by atoms with Crippen molar-refractivity contribution < 1.29 is 0 Å². The predicted molar refractivity (Wildman–Crippen MR) is 55.3 cm³/mol. The van der Waals surface area contributed by atoms with Crippen molar-refractivity contribution in [3.8, 4) is 0 Å². The third-order valence-electron chi connectivity index (χ3n) is 2.89. The highest BCUT2D eigenvalue weighted by Gasteiger charge is 2.21. The molecule has 13 heavy (non-hydrogen) atoms. The third-order valence-corrected chi connectivity index (χ3v) is 2.89. The molecule has 2 atom stereocenters. The molecule has 4 heteroatoms. The first-order valence-corrected chi connectivity index (χ1v) is 5.06. The zero-order valence-electron chi connectivity index (χ0n) is 8.95. The van der Waals surface area contributed by atoms with Gasteiger partial charge in [0.15, 0.2) is 0 Å². The number of rotatable bonds is 3. The number of hydrogen-bond acceptors (Lipinski definition) is 4. The molecule has 1 heterocycles. The second-order valence-corrected chi connectivity index (χ2v) is 3.78. The summed E-state index contributed by atoms with van der Waals surface area (Å²) in [4.78, 5) is 4.76. The van der Waals surface area contributed by atoms with E-state index in [2.05, 4.69) is 29.0 Å². The first-order chi connectivity index (χ1) is 6.15. The average Bonchev–Trinajstić information content (AvgIpc) is 2.17. The van der Waals surface area contributed by atoms with Crippen molar-refractivity contribution in [2.45, 2.75) is 26.2 Å². The maximum atomic E-state index is 5.81. The Hall–Kier alpha value is -0.160. The van der Waals surface area contributed by atoms with Crippen molar-refractivity contribution in [3.05, 3.63) is 0 Å². The van der Waals surface area contributed by atoms with Crippen LogP contribution in [0.2, 0.25) is 0 Å². The number of piperazine rings is 1. The van der Waals surface area contributed by atoms with Crippen LogP contribution in [0.15, 0.2) is 0 Å². The lowest BCUT2D eigenvalue weighted by Crippen LogP contribution is -2.56. The van der Waals surface area contributed by atoms with Gasteiger partial charge in [0.2, 0.25) is 0 Å². The van der Waals surface area contributed by atoms with Crippen molar-refractivity contribution in [1.29, 1.82) is 0 Å². The van der Waals surface area contributed by atoms with Crippen LogP contribution in [0.1, 0.15) is 13.8 Å². The van der Waals surface area contributed by atoms with E-state index in [9.17, 15) is 0 Å². The Kier molecular flexibility index (Phi) is 4.12. The lowest BCUT2D eigenvalue weighted by molar-refractivity contribution is 0.0722. The molecule has 0 spiro atoms. The molecule has 1 rings (SSSR count). The summed E-state index contributed by atoms with van der Waals surface area (Å²) in [7, 11) is 2.00. The van der Waals surface area contributed by atoms with Crippen LogP contribution in [-0.2, 0) is 0 Å². The number of nitrogens with one attached hydrogen (secondary N) is 1. The van der Waals surface area contributed by atoms with Crippen LogP contribution in [0.4, 0.5) is 0 Å². The quantitative estimate of drug-likeness (QED) is 0.622. The van der Waals surface area contributed by atoms with Gasteiger partial charge in [-0.05, 0) is 20.9 Å². The highest BCUT2D eigenvalue weighted by molar-refractivity contribution is 4.75. The summed E-state index contributed by atoms with van der Waals surface area (Å²) in [6, 6.07) is 0. The van der Waals surface area contributed by atoms with Gasteiger partial charge in [-0.1, -0.05) is 0 Å². The molecule has 1 aliphatic heterocycles. The lowest BCUT2D eigenvalue weighted by Gasteiger charge is -2.39. The van der Waals surface area contributed by atoms with Crippen molar-refractivity contribution in [2.24, 2.45) is 5.73 Å². The molecule has 0 amide bonds. The Bertz CT molecular complexity index is 141. The molecule has 0 bridgehead atoms. The third kappa shape index (κ3) is 2.91. The number of nitrogens with zero attached hydrogens (tertiary/aromatic N) is 2. The van der Waals surface area contributed by atoms with Gasteiger partial charge in [0.25, 0.3) is 0 Å². The van der Waals surface area contributed by atoms with E-state index in [4.69, 9.17) is 5.73 Å². The highest BCUT2D eigenvalue weighted by Crippen LogP contribution is 2.05. The molecule has 1 aliphatic rings. The summed E-state index contributed by atoms with van der Waals surface area (Å²) in [5, 5.41) is 3.25. The fourth-order valence-electron chi connectivity index (χ4n) is 1.71. The fraction of sp³-hybridized carbons (Fsp3) is 1.00. The van der Waals surface area contributed by atoms with E-state index in [-0.39, 0.29) is 6.17 Å². The Morgan fingerprint density at radius 1 is 1.08 bits per heavy atom. The molecule has 0 saturated carbocycles. The molecule has 0 aromatic carbocycles. The molecule has 1 saturated heterocycles. The molecule has 2 unspecified atom stereocenters. The van der Waals surface area contributed by atoms with Gasteiger partial charge >= 0.3 is 0 Å². The van der Waals surface area contributed by atoms with Crippen molar-refractivity contribution >= 4 is 0 Å². The summed E-state index contributed by atoms with van der Waals surface area (Å²) in [6.45, 7) is 8.65. The minimum absolute atomic E-state index is 0.201. The van der Waals surface area contributed by atoms with E-state index in [0.717, 1.165) is 26.2 Å². The molecule has 3 N–H and O–H groups in total. The van der Waals surface area contributed by atoms with Gasteiger partial charge in [0.05, 0.1) is 12.3 Å². The standard InChI is InChI=1S/C9H22N4/c1-8(10)12-4-6-13(7-5-12)9(2)11-3/h8-9,11H,4-7,10H2,1-3H3. The summed E-state index contributed by atoms with van der Waals surface area (Å²) in [5.74, 6) is 0. The molecule has 0 radical (unpaired) electrons. The summed E-state index contributed by atoms with van der Waals surface area (Å²) in [6.07, 6.45) is 0.683. The van der Waals surface area contributed by atoms with Gasteiger partial charge in [-0.3, -0.25) is 9.80 Å². The maximum absolute atomic E-state index is 5.81. The van der Waals surface area contributed by atoms with Gasteiger partial charge in [-0.2, -0.15) is 0 Å². The largest absolute Gasteiger partial charge is 0.316 e. The van der Waals surface area contributed by atoms with Crippen molar-refractivity contribution in [1.82, 2.24) is 15.1 Å². The Labute approximate surface area is 81.1 Å². The molecule has 1 fully saturated rings. The number of hydrogen-bond donors (Lipinski definition) is 2. The van der Waals surface area contributed by atoms with Crippen LogP contribution in [0.5, 0.6) is 0 Å². The monoisotopic (exact) mass is 186 g/mol. The summed E-state index contributed by atoms with van der Waals surface area (Å²) >= 11 is 0. The first kappa shape index (κ1) is 10.9. The smallest absolute Gasteiger partial charge is 0.0566 e. The molecular formula is C9H22N4. The van der Waals surface area contributed by atoms with E-state index >= 15 is 0 Å². The zero-order valence-corrected chi connectivity index (χ0v) is 8.95. The molecule has 0 aromatic heterocycles. The van der Waals surface area contributed by atoms with Gasteiger partial charge in [-0.25, -0.2) is 0 Å². The zero-order chi connectivity index (χ0) is 9.84. The van der Waals surface area contributed by atoms with Crippen LogP contribution in [0.25, 0.3) is 0 Å². The Morgan fingerprint density at radius 2 is 1.54 bits per heavy atom. The second-order valence-electron chi connectivity index (χ2n) is 3.78. The Balaban J connectivity index is 2.30. The number of nitrogens with two attached hydrogens (primary N) is 1. The Morgan fingerprint density at radius 3 is 1.92 bits per heavy atom. The van der Waals surface area contributed by atoms with Crippen LogP contribution in [0, 0.1) is 0 Å². The average molecular weight is 186 g/mol. The lowest BCUT2D eigenvalue weighted by atomic mass is 10.3. The van der Waals surface area contributed by atoms with Crippen LogP contribution >= 0.6 is 0 Å². The minimum Gasteiger partial charge on any atom is -0.316 e. The summed E-state index contributed by atoms with van der Waals surface area (Å²) < 4.78 is 0. The van der Waals surface area contributed by atoms with Crippen LogP contribution < -0.4 is 11.1 Å². The molecule has 0 aromatic rings. The predicted octanol–water partition coefficient (Wildman–Crippen LogP) is -0.526. The maximum Gasteiger partial charge on any atom is 0.0566 e. The fourth-order valence-corrected chi connectivity index (χ4v) is 1.71. The van der Waals surface area contributed by atoms with Crippen molar-refractivity contribution in [2.75, 3.05) is 33.2 Å². The first-order valence-electron chi connectivity index (χ1n) is 5.06. The van der Waals surface area contributed by atoms with E-state index < -0.39 is 0 Å². The van der Waals surface area contributed by atoms with E-state index in [1.165, 1.54) is 0 Å². The van der Waals surface area contributed by atoms with E-state index in [1.54, 1.807) is 0 Å². The normalized spacial score (nSPS) is 25.8. The van der Waals surface area contributed by atoms with Crippen LogP contribution in [0.3, 0.4) is 0 Å². The van der Waals surface area contributed by atoms with E-state index in [1.807, 2.05) is 7.05 Å². The SMILES string of the molecule is CNC(C)N1CCN(C(C)N)CC1. The second kappa shape index (κ2) is 4.91.